The van der Waals surface area contributed by atoms with E-state index in [1.165, 1.54) is 6.92 Å². The molecule has 3 amide bonds. The van der Waals surface area contributed by atoms with Gasteiger partial charge >= 0.3 is 12.1 Å². The molecule has 0 unspecified atom stereocenters. The van der Waals surface area contributed by atoms with Crippen LogP contribution in [-0.4, -0.2) is 55.1 Å². The van der Waals surface area contributed by atoms with Gasteiger partial charge in [0.05, 0.1) is 13.1 Å². The molecule has 1 heterocycles. The summed E-state index contributed by atoms with van der Waals surface area (Å²) in [7, 11) is 0. The lowest BCUT2D eigenvalue weighted by Gasteiger charge is -2.15. The molecule has 0 fully saturated rings. The molecule has 0 bridgehead atoms. The standard InChI is InChI=1S/C17H20N2O6/c1-11(2)16(22)24-9-7-18-17(23)25-10-8-19-14(20)12-5-3-4-6-13(12)15(19)21/h3,5H,1,4,6-10H2,2H3,(H,18,23). The molecule has 25 heavy (non-hydrogen) atoms. The zero-order chi connectivity index (χ0) is 18.4. The predicted molar refractivity (Wildman–Crippen MR) is 87.2 cm³/mol. The third-order valence-corrected chi connectivity index (χ3v) is 3.65. The minimum absolute atomic E-state index is 0.00340. The van der Waals surface area contributed by atoms with E-state index >= 15 is 0 Å². The molecular formula is C17H20N2O6. The Labute approximate surface area is 145 Å². The van der Waals surface area contributed by atoms with E-state index in [0.29, 0.717) is 17.6 Å². The number of imide groups is 1. The van der Waals surface area contributed by atoms with Crippen molar-refractivity contribution in [1.82, 2.24) is 10.2 Å². The zero-order valence-electron chi connectivity index (χ0n) is 14.0. The maximum absolute atomic E-state index is 12.2. The van der Waals surface area contributed by atoms with E-state index in [1.807, 2.05) is 6.08 Å². The molecule has 134 valence electrons. The third-order valence-electron chi connectivity index (χ3n) is 3.65. The van der Waals surface area contributed by atoms with Crippen LogP contribution in [0.5, 0.6) is 0 Å². The zero-order valence-corrected chi connectivity index (χ0v) is 14.0. The van der Waals surface area contributed by atoms with Crippen LogP contribution in [0.3, 0.4) is 0 Å². The molecule has 8 nitrogen and oxygen atoms in total. The topological polar surface area (TPSA) is 102 Å². The summed E-state index contributed by atoms with van der Waals surface area (Å²) in [5, 5.41) is 2.40. The van der Waals surface area contributed by atoms with E-state index in [-0.39, 0.29) is 43.7 Å². The summed E-state index contributed by atoms with van der Waals surface area (Å²) in [5.74, 6) is -1.21. The molecule has 8 heteroatoms. The van der Waals surface area contributed by atoms with Crippen LogP contribution in [0.25, 0.3) is 0 Å². The van der Waals surface area contributed by atoms with Crippen molar-refractivity contribution in [3.05, 3.63) is 35.5 Å². The Balaban J connectivity index is 1.66. The minimum atomic E-state index is -0.719. The van der Waals surface area contributed by atoms with E-state index in [9.17, 15) is 19.2 Å². The molecule has 1 aliphatic carbocycles. The van der Waals surface area contributed by atoms with E-state index in [0.717, 1.165) is 11.3 Å². The normalized spacial score (nSPS) is 16.0. The van der Waals surface area contributed by atoms with Gasteiger partial charge in [-0.1, -0.05) is 18.7 Å². The van der Waals surface area contributed by atoms with Gasteiger partial charge < -0.3 is 14.8 Å². The second kappa shape index (κ2) is 8.27. The molecule has 0 aromatic heterocycles. The van der Waals surface area contributed by atoms with Gasteiger partial charge in [-0.05, 0) is 19.8 Å². The van der Waals surface area contributed by atoms with Crippen molar-refractivity contribution >= 4 is 23.9 Å². The Morgan fingerprint density at radius 3 is 2.68 bits per heavy atom. The van der Waals surface area contributed by atoms with Gasteiger partial charge in [0.25, 0.3) is 11.8 Å². The number of carbonyl (C=O) groups excluding carboxylic acids is 4. The number of hydrogen-bond acceptors (Lipinski definition) is 6. The number of hydrogen-bond donors (Lipinski definition) is 1. The molecule has 0 spiro atoms. The Morgan fingerprint density at radius 2 is 2.00 bits per heavy atom. The summed E-state index contributed by atoms with van der Waals surface area (Å²) in [6.45, 7) is 4.91. The van der Waals surface area contributed by atoms with Crippen LogP contribution in [0.15, 0.2) is 35.5 Å². The van der Waals surface area contributed by atoms with Crippen molar-refractivity contribution < 1.29 is 28.7 Å². The quantitative estimate of drug-likeness (QED) is 0.317. The van der Waals surface area contributed by atoms with Crippen molar-refractivity contribution in [1.29, 1.82) is 0 Å². The van der Waals surface area contributed by atoms with E-state index < -0.39 is 12.1 Å². The van der Waals surface area contributed by atoms with Gasteiger partial charge in [0.1, 0.15) is 13.2 Å². The van der Waals surface area contributed by atoms with Gasteiger partial charge in [-0.25, -0.2) is 9.59 Å². The number of carbonyl (C=O) groups is 4. The van der Waals surface area contributed by atoms with Crippen LogP contribution in [0.1, 0.15) is 19.8 Å². The average Bonchev–Trinajstić information content (AvgIpc) is 2.83. The van der Waals surface area contributed by atoms with Gasteiger partial charge in [0.2, 0.25) is 0 Å². The first-order chi connectivity index (χ1) is 11.9. The van der Waals surface area contributed by atoms with Crippen LogP contribution in [0, 0.1) is 0 Å². The molecule has 0 aromatic carbocycles. The number of amides is 3. The van der Waals surface area contributed by atoms with Crippen molar-refractivity contribution in [2.45, 2.75) is 19.8 Å². The Bertz CT molecular complexity index is 677. The number of nitrogens with one attached hydrogen (secondary N) is 1. The smallest absolute Gasteiger partial charge is 0.407 e. The summed E-state index contributed by atoms with van der Waals surface area (Å²) in [6.07, 6.45) is 4.09. The van der Waals surface area contributed by atoms with Crippen LogP contribution >= 0.6 is 0 Å². The summed E-state index contributed by atoms with van der Waals surface area (Å²) in [4.78, 5) is 48.0. The lowest BCUT2D eigenvalue weighted by Crippen LogP contribution is -2.36. The van der Waals surface area contributed by atoms with Crippen molar-refractivity contribution in [3.8, 4) is 0 Å². The third kappa shape index (κ3) is 4.56. The highest BCUT2D eigenvalue weighted by Crippen LogP contribution is 2.28. The van der Waals surface area contributed by atoms with Gasteiger partial charge in [-0.15, -0.1) is 0 Å². The Hall–Kier alpha value is -2.90. The molecule has 0 saturated carbocycles. The molecule has 0 atom stereocenters. The molecule has 2 rings (SSSR count). The fourth-order valence-electron chi connectivity index (χ4n) is 2.39. The maximum atomic E-state index is 12.2. The largest absolute Gasteiger partial charge is 0.460 e. The summed E-state index contributed by atoms with van der Waals surface area (Å²) >= 11 is 0. The maximum Gasteiger partial charge on any atom is 0.407 e. The van der Waals surface area contributed by atoms with E-state index in [4.69, 9.17) is 9.47 Å². The number of alkyl carbamates (subject to hydrolysis) is 1. The Morgan fingerprint density at radius 1 is 1.24 bits per heavy atom. The monoisotopic (exact) mass is 348 g/mol. The molecule has 0 saturated heterocycles. The van der Waals surface area contributed by atoms with Gasteiger partial charge in [0.15, 0.2) is 0 Å². The molecule has 2 aliphatic rings. The SMILES string of the molecule is C=C(C)C(=O)OCCNC(=O)OCCN1C(=O)C2=C(CCC=C2)C1=O. The summed E-state index contributed by atoms with van der Waals surface area (Å²) in [6, 6.07) is 0. The fraction of sp³-hybridized carbons (Fsp3) is 0.412. The summed E-state index contributed by atoms with van der Waals surface area (Å²) < 4.78 is 9.72. The number of nitrogens with zero attached hydrogens (tertiary/aromatic N) is 1. The molecule has 0 radical (unpaired) electrons. The molecule has 1 aliphatic heterocycles. The number of ether oxygens (including phenoxy) is 2. The molecule has 1 N–H and O–H groups in total. The van der Waals surface area contributed by atoms with Crippen LogP contribution < -0.4 is 5.32 Å². The number of allylic oxidation sites excluding steroid dienone is 1. The second-order valence-corrected chi connectivity index (χ2v) is 5.57. The lowest BCUT2D eigenvalue weighted by atomic mass is 10.00. The van der Waals surface area contributed by atoms with Gasteiger partial charge in [0, 0.05) is 16.7 Å². The highest BCUT2D eigenvalue weighted by molar-refractivity contribution is 6.20. The first kappa shape index (κ1) is 18.4. The predicted octanol–water partition coefficient (Wildman–Crippen LogP) is 0.847. The molecular weight excluding hydrogens is 328 g/mol. The summed E-state index contributed by atoms with van der Waals surface area (Å²) in [5.41, 5.74) is 1.23. The molecule has 0 aromatic rings. The van der Waals surface area contributed by atoms with E-state index in [2.05, 4.69) is 11.9 Å². The van der Waals surface area contributed by atoms with Gasteiger partial charge in [-0.2, -0.15) is 0 Å². The van der Waals surface area contributed by atoms with Crippen LogP contribution in [0.2, 0.25) is 0 Å². The van der Waals surface area contributed by atoms with E-state index in [1.54, 1.807) is 6.08 Å². The average molecular weight is 348 g/mol. The highest BCUT2D eigenvalue weighted by Gasteiger charge is 2.37. The Kier molecular flexibility index (Phi) is 6.10. The first-order valence-corrected chi connectivity index (χ1v) is 7.91. The van der Waals surface area contributed by atoms with Gasteiger partial charge in [-0.3, -0.25) is 14.5 Å². The first-order valence-electron chi connectivity index (χ1n) is 7.91. The minimum Gasteiger partial charge on any atom is -0.460 e. The number of rotatable bonds is 7. The lowest BCUT2D eigenvalue weighted by molar-refractivity contribution is -0.139. The second-order valence-electron chi connectivity index (χ2n) is 5.57. The van der Waals surface area contributed by atoms with Crippen molar-refractivity contribution in [2.75, 3.05) is 26.3 Å². The number of esters is 1. The van der Waals surface area contributed by atoms with Crippen LogP contribution in [-0.2, 0) is 23.9 Å². The van der Waals surface area contributed by atoms with Crippen molar-refractivity contribution in [3.63, 3.8) is 0 Å². The highest BCUT2D eigenvalue weighted by atomic mass is 16.6. The fourth-order valence-corrected chi connectivity index (χ4v) is 2.39. The van der Waals surface area contributed by atoms with Crippen LogP contribution in [0.4, 0.5) is 4.79 Å². The van der Waals surface area contributed by atoms with Crippen molar-refractivity contribution in [2.24, 2.45) is 0 Å².